The molecule has 3 heterocycles. The Morgan fingerprint density at radius 2 is 1.97 bits per heavy atom. The van der Waals surface area contributed by atoms with E-state index in [0.29, 0.717) is 41.8 Å². The highest BCUT2D eigenvalue weighted by molar-refractivity contribution is 5.93. The number of likely N-dealkylation sites (N-methyl/N-ethyl adjacent to an activating group) is 2. The smallest absolute Gasteiger partial charge is 0.410 e. The second-order valence-electron chi connectivity index (χ2n) is 7.66. The van der Waals surface area contributed by atoms with Gasteiger partial charge in [-0.1, -0.05) is 0 Å². The number of nitrogens with two attached hydrogens (primary N) is 1. The third-order valence-corrected chi connectivity index (χ3v) is 5.54. The van der Waals surface area contributed by atoms with Crippen LogP contribution in [-0.2, 0) is 16.0 Å². The number of aromatic nitrogens is 4. The van der Waals surface area contributed by atoms with Crippen LogP contribution in [-0.4, -0.2) is 81.8 Å². The number of ether oxygens (including phenoxy) is 2. The van der Waals surface area contributed by atoms with Crippen LogP contribution in [0.25, 0.3) is 16.6 Å². The summed E-state index contributed by atoms with van der Waals surface area (Å²) in [4.78, 5) is 35.6. The van der Waals surface area contributed by atoms with Crippen molar-refractivity contribution in [3.63, 3.8) is 0 Å². The van der Waals surface area contributed by atoms with E-state index in [-0.39, 0.29) is 24.2 Å². The molecule has 2 amide bonds. The number of halogens is 1. The van der Waals surface area contributed by atoms with Crippen LogP contribution in [0.4, 0.5) is 15.1 Å². The Hall–Kier alpha value is -4.58. The SMILES string of the molecule is C#C.C#C.COc1cc2nc(N)n3nc(CCCCN(C)C(=O)[C@@H]4COC(=O)N4C)nc3c2cc1F. The van der Waals surface area contributed by atoms with Crippen LogP contribution in [0, 0.1) is 31.5 Å². The van der Waals surface area contributed by atoms with Gasteiger partial charge in [-0.05, 0) is 18.9 Å². The van der Waals surface area contributed by atoms with E-state index in [4.69, 9.17) is 15.2 Å². The summed E-state index contributed by atoms with van der Waals surface area (Å²) >= 11 is 0. The molecule has 36 heavy (non-hydrogen) atoms. The van der Waals surface area contributed by atoms with E-state index in [0.717, 1.165) is 6.42 Å². The third-order valence-electron chi connectivity index (χ3n) is 5.54. The van der Waals surface area contributed by atoms with E-state index in [9.17, 15) is 14.0 Å². The number of methoxy groups -OCH3 is 1. The fourth-order valence-electron chi connectivity index (χ4n) is 3.66. The lowest BCUT2D eigenvalue weighted by Gasteiger charge is -2.23. The van der Waals surface area contributed by atoms with Crippen LogP contribution < -0.4 is 10.5 Å². The van der Waals surface area contributed by atoms with Crippen molar-refractivity contribution in [1.82, 2.24) is 29.4 Å². The van der Waals surface area contributed by atoms with Crippen molar-refractivity contribution >= 4 is 34.5 Å². The van der Waals surface area contributed by atoms with Gasteiger partial charge in [-0.3, -0.25) is 9.69 Å². The maximum absolute atomic E-state index is 14.2. The molecule has 11 nitrogen and oxygen atoms in total. The van der Waals surface area contributed by atoms with Crippen LogP contribution in [0.1, 0.15) is 18.7 Å². The summed E-state index contributed by atoms with van der Waals surface area (Å²) in [6.07, 6.45) is 17.5. The number of aryl methyl sites for hydroxylation is 1. The van der Waals surface area contributed by atoms with Gasteiger partial charge in [-0.2, -0.15) is 4.52 Å². The zero-order valence-corrected chi connectivity index (χ0v) is 20.3. The molecule has 1 fully saturated rings. The van der Waals surface area contributed by atoms with E-state index in [1.807, 2.05) is 0 Å². The van der Waals surface area contributed by atoms with Crippen LogP contribution in [0.15, 0.2) is 12.1 Å². The highest BCUT2D eigenvalue weighted by Crippen LogP contribution is 2.27. The molecule has 0 radical (unpaired) electrons. The molecule has 0 bridgehead atoms. The second kappa shape index (κ2) is 12.2. The first-order valence-corrected chi connectivity index (χ1v) is 10.8. The molecule has 190 valence electrons. The maximum atomic E-state index is 14.2. The average Bonchev–Trinajstić information content (AvgIpc) is 3.48. The van der Waals surface area contributed by atoms with Gasteiger partial charge >= 0.3 is 6.09 Å². The Morgan fingerprint density at radius 1 is 1.28 bits per heavy atom. The van der Waals surface area contributed by atoms with Crippen LogP contribution in [0.5, 0.6) is 5.75 Å². The van der Waals surface area contributed by atoms with Gasteiger partial charge in [0.15, 0.2) is 23.0 Å². The Morgan fingerprint density at radius 3 is 2.58 bits per heavy atom. The first-order chi connectivity index (χ1) is 17.3. The molecule has 12 heteroatoms. The number of hydrogen-bond donors (Lipinski definition) is 1. The number of benzene rings is 1. The van der Waals surface area contributed by atoms with Gasteiger partial charge in [-0.15, -0.1) is 30.8 Å². The first-order valence-electron chi connectivity index (χ1n) is 10.8. The molecule has 3 aromatic rings. The van der Waals surface area contributed by atoms with Gasteiger partial charge in [0.25, 0.3) is 0 Å². The molecular formula is C24H28FN7O4. The average molecular weight is 498 g/mol. The molecule has 1 saturated heterocycles. The molecule has 2 aromatic heterocycles. The zero-order chi connectivity index (χ0) is 27.0. The largest absolute Gasteiger partial charge is 0.494 e. The number of carbonyl (C=O) groups is 2. The van der Waals surface area contributed by atoms with Gasteiger partial charge in [0, 0.05) is 38.5 Å². The molecule has 2 N–H and O–H groups in total. The molecule has 0 aliphatic carbocycles. The Balaban J connectivity index is 0.00000109. The molecule has 1 aliphatic heterocycles. The summed E-state index contributed by atoms with van der Waals surface area (Å²) in [5.74, 6) is 0.0815. The van der Waals surface area contributed by atoms with Crippen LogP contribution >= 0.6 is 0 Å². The number of anilines is 1. The number of cyclic esters (lactones) is 1. The molecule has 1 aromatic carbocycles. The monoisotopic (exact) mass is 497 g/mol. The number of hydrogen-bond acceptors (Lipinski definition) is 8. The second-order valence-corrected chi connectivity index (χ2v) is 7.66. The number of nitrogens with zero attached hydrogens (tertiary/aromatic N) is 6. The predicted molar refractivity (Wildman–Crippen MR) is 132 cm³/mol. The Labute approximate surface area is 208 Å². The van der Waals surface area contributed by atoms with Gasteiger partial charge < -0.3 is 20.1 Å². The molecule has 1 atom stereocenters. The summed E-state index contributed by atoms with van der Waals surface area (Å²) in [5.41, 5.74) is 6.89. The highest BCUT2D eigenvalue weighted by Gasteiger charge is 2.36. The van der Waals surface area contributed by atoms with Crippen molar-refractivity contribution in [2.24, 2.45) is 0 Å². The van der Waals surface area contributed by atoms with Gasteiger partial charge in [-0.25, -0.2) is 19.2 Å². The van der Waals surface area contributed by atoms with E-state index in [1.54, 1.807) is 19.0 Å². The highest BCUT2D eigenvalue weighted by atomic mass is 19.1. The lowest BCUT2D eigenvalue weighted by atomic mass is 10.2. The number of fused-ring (bicyclic) bond motifs is 3. The summed E-state index contributed by atoms with van der Waals surface area (Å²) in [6.45, 7) is 0.585. The van der Waals surface area contributed by atoms with E-state index in [1.165, 1.54) is 28.7 Å². The number of nitrogen functional groups attached to an aromatic ring is 1. The molecule has 4 rings (SSSR count). The van der Waals surface area contributed by atoms with E-state index < -0.39 is 18.0 Å². The lowest BCUT2D eigenvalue weighted by molar-refractivity contribution is -0.133. The molecule has 1 aliphatic rings. The lowest BCUT2D eigenvalue weighted by Crippen LogP contribution is -2.45. The molecule has 0 unspecified atom stereocenters. The van der Waals surface area contributed by atoms with Crippen LogP contribution in [0.2, 0.25) is 0 Å². The summed E-state index contributed by atoms with van der Waals surface area (Å²) in [7, 11) is 4.63. The zero-order valence-electron chi connectivity index (χ0n) is 20.3. The number of rotatable bonds is 7. The minimum absolute atomic E-state index is 0.0690. The minimum Gasteiger partial charge on any atom is -0.494 e. The normalized spacial score (nSPS) is 14.4. The topological polar surface area (TPSA) is 128 Å². The number of unbranched alkanes of at least 4 members (excludes halogenated alkanes) is 1. The fourth-order valence-corrected chi connectivity index (χ4v) is 3.66. The van der Waals surface area contributed by atoms with Crippen molar-refractivity contribution < 1.29 is 23.5 Å². The number of amides is 2. The van der Waals surface area contributed by atoms with Crippen molar-refractivity contribution in [3.8, 4) is 31.4 Å². The predicted octanol–water partition coefficient (Wildman–Crippen LogP) is 1.74. The maximum Gasteiger partial charge on any atom is 0.410 e. The Bertz CT molecular complexity index is 1280. The van der Waals surface area contributed by atoms with Crippen molar-refractivity contribution in [3.05, 3.63) is 23.8 Å². The van der Waals surface area contributed by atoms with Gasteiger partial charge in [0.2, 0.25) is 11.9 Å². The van der Waals surface area contributed by atoms with Crippen molar-refractivity contribution in [1.29, 1.82) is 0 Å². The fraction of sp³-hybridized carbons (Fsp3) is 0.375. The minimum atomic E-state index is -0.588. The molecular weight excluding hydrogens is 469 g/mol. The van der Waals surface area contributed by atoms with Gasteiger partial charge in [0.1, 0.15) is 12.6 Å². The third kappa shape index (κ3) is 5.55. The van der Waals surface area contributed by atoms with Crippen molar-refractivity contribution in [2.75, 3.05) is 40.1 Å². The van der Waals surface area contributed by atoms with Crippen LogP contribution in [0.3, 0.4) is 0 Å². The molecule has 0 saturated carbocycles. The quantitative estimate of drug-likeness (QED) is 0.386. The van der Waals surface area contributed by atoms with Gasteiger partial charge in [0.05, 0.1) is 12.6 Å². The van der Waals surface area contributed by atoms with E-state index in [2.05, 4.69) is 40.8 Å². The first kappa shape index (κ1) is 27.7. The Kier molecular flexibility index (Phi) is 9.39. The summed E-state index contributed by atoms with van der Waals surface area (Å²) in [5, 5.41) is 4.88. The van der Waals surface area contributed by atoms with E-state index >= 15 is 0 Å². The number of terminal acetylenes is 2. The molecule has 0 spiro atoms. The number of carbonyl (C=O) groups excluding carboxylic acids is 2. The standard InChI is InChI=1S/C20H24FN7O4.2C2H2/c1-26(18(29)14-10-32-20(30)27(14)2)7-5-4-6-16-24-17-11-8-12(21)15(31-3)9-13(11)23-19(22)28(17)25-16;2*1-2/h8-9,14H,4-7,10H2,1-3H3,(H2,22,23);2*1-2H/t14-;;/m0../s1. The summed E-state index contributed by atoms with van der Waals surface area (Å²) < 4.78 is 25.5. The summed E-state index contributed by atoms with van der Waals surface area (Å²) in [6, 6.07) is 2.20. The van der Waals surface area contributed by atoms with Crippen molar-refractivity contribution in [2.45, 2.75) is 25.3 Å².